The molecule has 1 rings (SSSR count). The molecule has 0 aliphatic carbocycles. The predicted octanol–water partition coefficient (Wildman–Crippen LogP) is 1.34. The van der Waals surface area contributed by atoms with Crippen molar-refractivity contribution in [3.8, 4) is 6.07 Å². The van der Waals surface area contributed by atoms with Crippen molar-refractivity contribution in [2.24, 2.45) is 0 Å². The molecular weight excluding hydrogens is 230 g/mol. The van der Waals surface area contributed by atoms with E-state index in [0.717, 1.165) is 5.56 Å². The SMILES string of the molecule is C=CC(=O)Nc1ccc(CNC(=O)CC#N)cc1. The number of hydrogen-bond donors (Lipinski definition) is 2. The topological polar surface area (TPSA) is 82.0 Å². The molecule has 5 nitrogen and oxygen atoms in total. The van der Waals surface area contributed by atoms with Crippen LogP contribution in [-0.4, -0.2) is 11.8 Å². The third kappa shape index (κ3) is 4.49. The maximum atomic E-state index is 11.1. The van der Waals surface area contributed by atoms with E-state index in [1.54, 1.807) is 30.3 Å². The molecule has 0 saturated heterocycles. The summed E-state index contributed by atoms with van der Waals surface area (Å²) < 4.78 is 0. The number of hydrogen-bond acceptors (Lipinski definition) is 3. The zero-order chi connectivity index (χ0) is 13.4. The van der Waals surface area contributed by atoms with Crippen LogP contribution in [0.2, 0.25) is 0 Å². The lowest BCUT2D eigenvalue weighted by molar-refractivity contribution is -0.120. The number of anilines is 1. The number of amides is 2. The molecule has 0 aliphatic heterocycles. The molecule has 0 bridgehead atoms. The third-order valence-corrected chi connectivity index (χ3v) is 2.14. The first-order valence-corrected chi connectivity index (χ1v) is 5.31. The second-order valence-electron chi connectivity index (χ2n) is 3.50. The van der Waals surface area contributed by atoms with Gasteiger partial charge in [-0.25, -0.2) is 0 Å². The van der Waals surface area contributed by atoms with Gasteiger partial charge in [0, 0.05) is 12.2 Å². The average molecular weight is 243 g/mol. The van der Waals surface area contributed by atoms with Crippen LogP contribution in [0.4, 0.5) is 5.69 Å². The second kappa shape index (κ2) is 6.86. The molecule has 1 aromatic carbocycles. The Morgan fingerprint density at radius 2 is 2.00 bits per heavy atom. The van der Waals surface area contributed by atoms with Gasteiger partial charge in [-0.05, 0) is 23.8 Å². The van der Waals surface area contributed by atoms with Crippen molar-refractivity contribution in [2.45, 2.75) is 13.0 Å². The highest BCUT2D eigenvalue weighted by Gasteiger charge is 2.00. The van der Waals surface area contributed by atoms with Crippen LogP contribution in [0.3, 0.4) is 0 Å². The Kier molecular flexibility index (Phi) is 5.13. The summed E-state index contributed by atoms with van der Waals surface area (Å²) in [6, 6.07) is 8.80. The highest BCUT2D eigenvalue weighted by atomic mass is 16.2. The fourth-order valence-corrected chi connectivity index (χ4v) is 1.23. The van der Waals surface area contributed by atoms with Crippen LogP contribution in [0.1, 0.15) is 12.0 Å². The van der Waals surface area contributed by atoms with E-state index in [0.29, 0.717) is 12.2 Å². The number of nitrogens with zero attached hydrogens (tertiary/aromatic N) is 1. The molecule has 0 aliphatic rings. The summed E-state index contributed by atoms with van der Waals surface area (Å²) in [6.45, 7) is 3.71. The van der Waals surface area contributed by atoms with Gasteiger partial charge in [0.25, 0.3) is 0 Å². The standard InChI is InChI=1S/C13H13N3O2/c1-2-12(17)16-11-5-3-10(4-6-11)9-15-13(18)7-8-14/h2-6H,1,7,9H2,(H,15,18)(H,16,17). The Morgan fingerprint density at radius 3 is 2.56 bits per heavy atom. The zero-order valence-electron chi connectivity index (χ0n) is 9.77. The summed E-state index contributed by atoms with van der Waals surface area (Å²) in [7, 11) is 0. The number of nitrogens with one attached hydrogen (secondary N) is 2. The quantitative estimate of drug-likeness (QED) is 0.765. The van der Waals surface area contributed by atoms with Crippen LogP contribution in [0.25, 0.3) is 0 Å². The molecule has 2 N–H and O–H groups in total. The molecule has 0 aromatic heterocycles. The number of carbonyl (C=O) groups is 2. The molecule has 92 valence electrons. The van der Waals surface area contributed by atoms with E-state index in [1.165, 1.54) is 6.08 Å². The summed E-state index contributed by atoms with van der Waals surface area (Å²) >= 11 is 0. The van der Waals surface area contributed by atoms with Crippen molar-refractivity contribution in [1.82, 2.24) is 5.32 Å². The molecule has 0 spiro atoms. The van der Waals surface area contributed by atoms with E-state index in [4.69, 9.17) is 5.26 Å². The van der Waals surface area contributed by atoms with Gasteiger partial charge in [-0.15, -0.1) is 0 Å². The molecule has 2 amide bonds. The Balaban J connectivity index is 2.50. The second-order valence-corrected chi connectivity index (χ2v) is 3.50. The van der Waals surface area contributed by atoms with Gasteiger partial charge in [-0.2, -0.15) is 5.26 Å². The molecular formula is C13H13N3O2. The van der Waals surface area contributed by atoms with Crippen LogP contribution in [0.15, 0.2) is 36.9 Å². The van der Waals surface area contributed by atoms with Gasteiger partial charge in [0.05, 0.1) is 6.07 Å². The van der Waals surface area contributed by atoms with Crippen molar-refractivity contribution in [1.29, 1.82) is 5.26 Å². The van der Waals surface area contributed by atoms with Gasteiger partial charge >= 0.3 is 0 Å². The predicted molar refractivity (Wildman–Crippen MR) is 67.3 cm³/mol. The van der Waals surface area contributed by atoms with Crippen LogP contribution in [0, 0.1) is 11.3 Å². The average Bonchev–Trinajstić information content (AvgIpc) is 2.38. The highest BCUT2D eigenvalue weighted by molar-refractivity contribution is 5.98. The van der Waals surface area contributed by atoms with E-state index >= 15 is 0 Å². The molecule has 0 atom stereocenters. The Bertz CT molecular complexity index is 486. The lowest BCUT2D eigenvalue weighted by Crippen LogP contribution is -2.21. The Hall–Kier alpha value is -2.61. The summed E-state index contributed by atoms with van der Waals surface area (Å²) in [5, 5.41) is 13.5. The van der Waals surface area contributed by atoms with Crippen LogP contribution < -0.4 is 10.6 Å². The largest absolute Gasteiger partial charge is 0.351 e. The van der Waals surface area contributed by atoms with Gasteiger partial charge in [-0.1, -0.05) is 18.7 Å². The van der Waals surface area contributed by atoms with Gasteiger partial charge in [0.2, 0.25) is 11.8 Å². The zero-order valence-corrected chi connectivity index (χ0v) is 9.77. The molecule has 1 aromatic rings. The molecule has 18 heavy (non-hydrogen) atoms. The summed E-state index contributed by atoms with van der Waals surface area (Å²) in [6.07, 6.45) is 1.05. The van der Waals surface area contributed by atoms with Gasteiger partial charge in [0.1, 0.15) is 6.42 Å². The van der Waals surface area contributed by atoms with E-state index in [-0.39, 0.29) is 18.2 Å². The maximum absolute atomic E-state index is 11.1. The maximum Gasteiger partial charge on any atom is 0.247 e. The van der Waals surface area contributed by atoms with Crippen molar-refractivity contribution < 1.29 is 9.59 Å². The van der Waals surface area contributed by atoms with Gasteiger partial charge in [0.15, 0.2) is 0 Å². The van der Waals surface area contributed by atoms with Gasteiger partial charge in [-0.3, -0.25) is 9.59 Å². The molecule has 0 saturated carbocycles. The molecule has 0 heterocycles. The van der Waals surface area contributed by atoms with Crippen molar-refractivity contribution in [3.63, 3.8) is 0 Å². The minimum atomic E-state index is -0.304. The normalized spacial score (nSPS) is 9.06. The third-order valence-electron chi connectivity index (χ3n) is 2.14. The summed E-state index contributed by atoms with van der Waals surface area (Å²) in [4.78, 5) is 22.1. The lowest BCUT2D eigenvalue weighted by atomic mass is 10.2. The Labute approximate surface area is 105 Å². The fraction of sp³-hybridized carbons (Fsp3) is 0.154. The summed E-state index contributed by atoms with van der Waals surface area (Å²) in [5.41, 5.74) is 1.55. The Morgan fingerprint density at radius 1 is 1.33 bits per heavy atom. The first kappa shape index (κ1) is 13.5. The fourth-order valence-electron chi connectivity index (χ4n) is 1.23. The minimum absolute atomic E-state index is 0.145. The number of carbonyl (C=O) groups excluding carboxylic acids is 2. The van der Waals surface area contributed by atoms with E-state index < -0.39 is 0 Å². The first-order valence-electron chi connectivity index (χ1n) is 5.31. The van der Waals surface area contributed by atoms with Crippen molar-refractivity contribution in [3.05, 3.63) is 42.5 Å². The lowest BCUT2D eigenvalue weighted by Gasteiger charge is -2.05. The van der Waals surface area contributed by atoms with E-state index in [2.05, 4.69) is 17.2 Å². The number of rotatable bonds is 5. The van der Waals surface area contributed by atoms with Crippen LogP contribution >= 0.6 is 0 Å². The molecule has 0 fully saturated rings. The molecule has 0 unspecified atom stereocenters. The monoisotopic (exact) mass is 243 g/mol. The van der Waals surface area contributed by atoms with Gasteiger partial charge < -0.3 is 10.6 Å². The van der Waals surface area contributed by atoms with Crippen LogP contribution in [0.5, 0.6) is 0 Å². The van der Waals surface area contributed by atoms with Crippen molar-refractivity contribution in [2.75, 3.05) is 5.32 Å². The first-order chi connectivity index (χ1) is 8.65. The smallest absolute Gasteiger partial charge is 0.247 e. The molecule has 0 radical (unpaired) electrons. The highest BCUT2D eigenvalue weighted by Crippen LogP contribution is 2.09. The molecule has 5 heteroatoms. The summed E-state index contributed by atoms with van der Waals surface area (Å²) in [5.74, 6) is -0.577. The minimum Gasteiger partial charge on any atom is -0.351 e. The van der Waals surface area contributed by atoms with E-state index in [1.807, 2.05) is 0 Å². The van der Waals surface area contributed by atoms with Crippen molar-refractivity contribution >= 4 is 17.5 Å². The number of nitriles is 1. The van der Waals surface area contributed by atoms with Crippen LogP contribution in [-0.2, 0) is 16.1 Å². The number of benzene rings is 1. The van der Waals surface area contributed by atoms with E-state index in [9.17, 15) is 9.59 Å².